The number of benzene rings is 1. The van der Waals surface area contributed by atoms with E-state index in [9.17, 15) is 14.4 Å². The molecule has 0 spiro atoms. The smallest absolute Gasteiger partial charge is 0.328 e. The molecule has 0 aliphatic heterocycles. The predicted molar refractivity (Wildman–Crippen MR) is 153 cm³/mol. The topological polar surface area (TPSA) is 132 Å². The number of nitrogens with zero attached hydrogens (tertiary/aromatic N) is 1. The van der Waals surface area contributed by atoms with Gasteiger partial charge in [-0.25, -0.2) is 9.78 Å². The molecule has 1 N–H and O–H groups in total. The number of hydrogen-bond donors (Lipinski definition) is 1. The molecular formula is C31H42N2O9. The molecule has 1 amide bonds. The summed E-state index contributed by atoms with van der Waals surface area (Å²) in [4.78, 5) is 41.5. The maximum Gasteiger partial charge on any atom is 0.328 e. The number of carbonyl (C=O) groups is 3. The standard InChI is InChI=1S/C31H42N2O9/c1-19(33-29(35)27-28(40-18-39-21(3)34)26(38-7)14-15-32-27)30(36)42-20(2)25(31(4,5)41-17-23-8-9-23)16-22-10-12-24(37-6)13-11-22/h10-15,19-20,23,25H,8-9,16-18H2,1-7H3,(H,33,35)/t19-,20-,25-/m0/s1. The number of pyridine rings is 1. The third-order valence-corrected chi connectivity index (χ3v) is 7.23. The minimum Gasteiger partial charge on any atom is -0.497 e. The summed E-state index contributed by atoms with van der Waals surface area (Å²) < 4.78 is 33.1. The highest BCUT2D eigenvalue weighted by molar-refractivity contribution is 5.98. The third kappa shape index (κ3) is 9.34. The maximum atomic E-state index is 13.2. The number of rotatable bonds is 16. The second-order valence-electron chi connectivity index (χ2n) is 10.9. The van der Waals surface area contributed by atoms with E-state index < -0.39 is 42.4 Å². The highest BCUT2D eigenvalue weighted by Crippen LogP contribution is 2.35. The van der Waals surface area contributed by atoms with E-state index >= 15 is 0 Å². The zero-order chi connectivity index (χ0) is 30.9. The van der Waals surface area contributed by atoms with Crippen molar-refractivity contribution in [1.29, 1.82) is 0 Å². The summed E-state index contributed by atoms with van der Waals surface area (Å²) in [6.07, 6.45) is 3.77. The monoisotopic (exact) mass is 586 g/mol. The average molecular weight is 587 g/mol. The summed E-state index contributed by atoms with van der Waals surface area (Å²) >= 11 is 0. The van der Waals surface area contributed by atoms with Crippen molar-refractivity contribution in [1.82, 2.24) is 10.3 Å². The Labute approximate surface area is 247 Å². The van der Waals surface area contributed by atoms with Crippen LogP contribution in [-0.2, 0) is 30.2 Å². The summed E-state index contributed by atoms with van der Waals surface area (Å²) in [5.74, 6) is -0.520. The van der Waals surface area contributed by atoms with Gasteiger partial charge in [0.1, 0.15) is 17.9 Å². The van der Waals surface area contributed by atoms with Crippen LogP contribution in [0.4, 0.5) is 0 Å². The van der Waals surface area contributed by atoms with Crippen LogP contribution >= 0.6 is 0 Å². The summed E-state index contributed by atoms with van der Waals surface area (Å²) in [6.45, 7) is 8.85. The summed E-state index contributed by atoms with van der Waals surface area (Å²) in [5.41, 5.74) is 0.327. The van der Waals surface area contributed by atoms with E-state index in [0.29, 0.717) is 18.9 Å². The molecule has 1 saturated carbocycles. The molecule has 1 aliphatic rings. The molecule has 1 aromatic carbocycles. The first kappa shape index (κ1) is 32.7. The highest BCUT2D eigenvalue weighted by Gasteiger charge is 2.39. The summed E-state index contributed by atoms with van der Waals surface area (Å²) in [5, 5.41) is 2.62. The van der Waals surface area contributed by atoms with Crippen LogP contribution in [0.25, 0.3) is 0 Å². The van der Waals surface area contributed by atoms with Gasteiger partial charge in [-0.3, -0.25) is 9.59 Å². The van der Waals surface area contributed by atoms with E-state index in [1.165, 1.54) is 46.1 Å². The Bertz CT molecular complexity index is 1210. The van der Waals surface area contributed by atoms with Crippen LogP contribution in [0.3, 0.4) is 0 Å². The number of hydrogen-bond acceptors (Lipinski definition) is 10. The largest absolute Gasteiger partial charge is 0.497 e. The fourth-order valence-corrected chi connectivity index (χ4v) is 4.47. The highest BCUT2D eigenvalue weighted by atomic mass is 16.7. The SMILES string of the molecule is COc1ccc(C[C@@H]([C@H](C)OC(=O)[C@H](C)NC(=O)c2nccc(OC)c2OCOC(C)=O)C(C)(C)OCC2CC2)cc1. The van der Waals surface area contributed by atoms with E-state index in [0.717, 1.165) is 11.3 Å². The van der Waals surface area contributed by atoms with Crippen LogP contribution in [0.2, 0.25) is 0 Å². The van der Waals surface area contributed by atoms with Crippen molar-refractivity contribution < 1.29 is 42.8 Å². The molecule has 3 atom stereocenters. The van der Waals surface area contributed by atoms with Crippen molar-refractivity contribution in [2.45, 2.75) is 71.6 Å². The molecular weight excluding hydrogens is 544 g/mol. The number of methoxy groups -OCH3 is 2. The fraction of sp³-hybridized carbons (Fsp3) is 0.548. The normalized spacial score (nSPS) is 15.1. The molecule has 0 radical (unpaired) electrons. The molecule has 1 aliphatic carbocycles. The number of nitrogens with one attached hydrogen (secondary N) is 1. The molecule has 11 heteroatoms. The minimum absolute atomic E-state index is 0.0261. The molecule has 42 heavy (non-hydrogen) atoms. The predicted octanol–water partition coefficient (Wildman–Crippen LogP) is 4.11. The Hall–Kier alpha value is -3.86. The van der Waals surface area contributed by atoms with Gasteiger partial charge in [-0.15, -0.1) is 0 Å². The number of aromatic nitrogens is 1. The molecule has 0 unspecified atom stereocenters. The van der Waals surface area contributed by atoms with Gasteiger partial charge in [0.25, 0.3) is 5.91 Å². The lowest BCUT2D eigenvalue weighted by Gasteiger charge is -2.38. The number of amides is 1. The summed E-state index contributed by atoms with van der Waals surface area (Å²) in [6, 6.07) is 8.26. The molecule has 11 nitrogen and oxygen atoms in total. The Morgan fingerprint density at radius 1 is 1.05 bits per heavy atom. The molecule has 0 saturated heterocycles. The zero-order valence-corrected chi connectivity index (χ0v) is 25.4. The van der Waals surface area contributed by atoms with Gasteiger partial charge < -0.3 is 33.7 Å². The minimum atomic E-state index is -1.01. The van der Waals surface area contributed by atoms with E-state index in [1.807, 2.05) is 45.0 Å². The fourth-order valence-electron chi connectivity index (χ4n) is 4.47. The number of carbonyl (C=O) groups excluding carboxylic acids is 3. The van der Waals surface area contributed by atoms with Gasteiger partial charge in [0.05, 0.1) is 26.4 Å². The van der Waals surface area contributed by atoms with Crippen LogP contribution in [0, 0.1) is 11.8 Å². The van der Waals surface area contributed by atoms with Crippen molar-refractivity contribution in [2.75, 3.05) is 27.6 Å². The molecule has 1 fully saturated rings. The first-order valence-corrected chi connectivity index (χ1v) is 14.0. The van der Waals surface area contributed by atoms with Gasteiger partial charge in [0.2, 0.25) is 6.79 Å². The van der Waals surface area contributed by atoms with Gasteiger partial charge in [0.15, 0.2) is 17.2 Å². The second kappa shape index (κ2) is 14.9. The van der Waals surface area contributed by atoms with Gasteiger partial charge in [-0.05, 0) is 70.6 Å². The molecule has 0 bridgehead atoms. The van der Waals surface area contributed by atoms with Crippen molar-refractivity contribution in [3.05, 3.63) is 47.8 Å². The lowest BCUT2D eigenvalue weighted by atomic mass is 9.81. The zero-order valence-electron chi connectivity index (χ0n) is 25.4. The van der Waals surface area contributed by atoms with Crippen molar-refractivity contribution in [2.24, 2.45) is 11.8 Å². The Morgan fingerprint density at radius 3 is 2.33 bits per heavy atom. The van der Waals surface area contributed by atoms with Crippen LogP contribution in [-0.4, -0.2) is 68.2 Å². The van der Waals surface area contributed by atoms with Gasteiger partial charge in [0, 0.05) is 25.1 Å². The van der Waals surface area contributed by atoms with E-state index in [1.54, 1.807) is 7.11 Å². The first-order valence-electron chi connectivity index (χ1n) is 14.0. The lowest BCUT2D eigenvalue weighted by Crippen LogP contribution is -2.47. The number of esters is 2. The quantitative estimate of drug-likeness (QED) is 0.226. The van der Waals surface area contributed by atoms with Gasteiger partial charge in [-0.2, -0.15) is 0 Å². The van der Waals surface area contributed by atoms with E-state index in [-0.39, 0.29) is 23.1 Å². The van der Waals surface area contributed by atoms with Crippen molar-refractivity contribution in [3.63, 3.8) is 0 Å². The lowest BCUT2D eigenvalue weighted by molar-refractivity contribution is -0.161. The van der Waals surface area contributed by atoms with Crippen LogP contribution in [0.15, 0.2) is 36.5 Å². The Kier molecular flexibility index (Phi) is 11.6. The van der Waals surface area contributed by atoms with Crippen molar-refractivity contribution in [3.8, 4) is 17.2 Å². The third-order valence-electron chi connectivity index (χ3n) is 7.23. The molecule has 1 heterocycles. The molecule has 2 aromatic rings. The summed E-state index contributed by atoms with van der Waals surface area (Å²) in [7, 11) is 3.02. The number of ether oxygens (including phenoxy) is 6. The molecule has 1 aromatic heterocycles. The van der Waals surface area contributed by atoms with Gasteiger partial charge in [-0.1, -0.05) is 12.1 Å². The molecule has 3 rings (SSSR count). The average Bonchev–Trinajstić information content (AvgIpc) is 3.79. The maximum absolute atomic E-state index is 13.2. The van der Waals surface area contributed by atoms with Crippen LogP contribution in [0.5, 0.6) is 17.2 Å². The molecule has 230 valence electrons. The Balaban J connectivity index is 1.70. The van der Waals surface area contributed by atoms with Crippen molar-refractivity contribution >= 4 is 17.8 Å². The van der Waals surface area contributed by atoms with Gasteiger partial charge >= 0.3 is 11.9 Å². The Morgan fingerprint density at radius 2 is 1.74 bits per heavy atom. The van der Waals surface area contributed by atoms with Crippen LogP contribution < -0.4 is 19.5 Å². The first-order chi connectivity index (χ1) is 19.9. The van der Waals surface area contributed by atoms with E-state index in [4.69, 9.17) is 28.4 Å². The second-order valence-corrected chi connectivity index (χ2v) is 10.9. The van der Waals surface area contributed by atoms with E-state index in [2.05, 4.69) is 10.3 Å². The van der Waals surface area contributed by atoms with Crippen LogP contribution in [0.1, 0.15) is 63.5 Å².